The summed E-state index contributed by atoms with van der Waals surface area (Å²) in [6, 6.07) is 3.68. The van der Waals surface area contributed by atoms with Crippen LogP contribution in [0.15, 0.2) is 12.1 Å². The Morgan fingerprint density at radius 1 is 1.22 bits per heavy atom. The Labute approximate surface area is 167 Å². The van der Waals surface area contributed by atoms with Crippen molar-refractivity contribution in [3.8, 4) is 0 Å². The largest absolute Gasteiger partial charge is 0.356 e. The van der Waals surface area contributed by atoms with Crippen LogP contribution in [-0.4, -0.2) is 38.8 Å². The second kappa shape index (κ2) is 10.3. The van der Waals surface area contributed by atoms with Gasteiger partial charge in [0.15, 0.2) is 10.6 Å². The molecule has 0 aliphatic heterocycles. The summed E-state index contributed by atoms with van der Waals surface area (Å²) in [6.45, 7) is 5.07. The zero-order valence-electron chi connectivity index (χ0n) is 15.5. The highest BCUT2D eigenvalue weighted by Crippen LogP contribution is 2.17. The molecular formula is C18H24N4O3S2. The maximum Gasteiger partial charge on any atom is 0.220 e. The monoisotopic (exact) mass is 408 g/mol. The highest BCUT2D eigenvalue weighted by Gasteiger charge is 2.13. The molecule has 0 radical (unpaired) electrons. The van der Waals surface area contributed by atoms with Crippen LogP contribution in [0, 0.1) is 11.7 Å². The van der Waals surface area contributed by atoms with E-state index in [1.165, 1.54) is 11.3 Å². The van der Waals surface area contributed by atoms with Crippen LogP contribution < -0.4 is 5.32 Å². The third-order valence-corrected chi connectivity index (χ3v) is 5.45. The molecule has 0 saturated carbocycles. The number of nitrogens with zero attached hydrogens (tertiary/aromatic N) is 2. The lowest BCUT2D eigenvalue weighted by Crippen LogP contribution is -2.26. The topological polar surface area (TPSA) is 96.8 Å². The van der Waals surface area contributed by atoms with E-state index in [1.807, 2.05) is 24.5 Å². The number of hydrogen-bond donors (Lipinski definition) is 2. The summed E-state index contributed by atoms with van der Waals surface area (Å²) in [5.41, 5.74) is 0. The SMILES string of the molecule is CCn1c(CCNC(=O)CCC(=O)CCC(=O)c2ccc(C)s2)n[nH]c1=S. The van der Waals surface area contributed by atoms with Gasteiger partial charge < -0.3 is 9.88 Å². The molecular weight excluding hydrogens is 384 g/mol. The van der Waals surface area contributed by atoms with Gasteiger partial charge in [-0.2, -0.15) is 5.10 Å². The van der Waals surface area contributed by atoms with Crippen molar-refractivity contribution in [1.82, 2.24) is 20.1 Å². The van der Waals surface area contributed by atoms with Crippen LogP contribution in [0.2, 0.25) is 0 Å². The van der Waals surface area contributed by atoms with Crippen molar-refractivity contribution in [2.45, 2.75) is 52.5 Å². The molecule has 0 saturated heterocycles. The summed E-state index contributed by atoms with van der Waals surface area (Å²) in [5.74, 6) is 0.524. The lowest BCUT2D eigenvalue weighted by molar-refractivity contribution is -0.125. The number of amides is 1. The van der Waals surface area contributed by atoms with E-state index in [1.54, 1.807) is 6.07 Å². The van der Waals surface area contributed by atoms with E-state index in [-0.39, 0.29) is 43.2 Å². The summed E-state index contributed by atoms with van der Waals surface area (Å²) in [7, 11) is 0. The van der Waals surface area contributed by atoms with Gasteiger partial charge >= 0.3 is 0 Å². The van der Waals surface area contributed by atoms with Crippen LogP contribution in [0.3, 0.4) is 0 Å². The van der Waals surface area contributed by atoms with Crippen LogP contribution in [0.25, 0.3) is 0 Å². The summed E-state index contributed by atoms with van der Waals surface area (Å²) in [5, 5.41) is 9.65. The minimum Gasteiger partial charge on any atom is -0.356 e. The number of Topliss-reactive ketones (excluding diaryl/α,β-unsaturated/α-hetero) is 2. The lowest BCUT2D eigenvalue weighted by atomic mass is 10.1. The molecule has 0 aliphatic rings. The number of rotatable bonds is 11. The minimum absolute atomic E-state index is 0.0183. The Morgan fingerprint density at radius 3 is 2.63 bits per heavy atom. The number of ketones is 2. The van der Waals surface area contributed by atoms with Gasteiger partial charge in [-0.3, -0.25) is 19.5 Å². The Morgan fingerprint density at radius 2 is 1.96 bits per heavy atom. The molecule has 2 N–H and O–H groups in total. The molecule has 7 nitrogen and oxygen atoms in total. The zero-order valence-corrected chi connectivity index (χ0v) is 17.2. The Kier molecular flexibility index (Phi) is 8.05. The second-order valence-corrected chi connectivity index (χ2v) is 7.84. The summed E-state index contributed by atoms with van der Waals surface area (Å²) in [6.07, 6.45) is 1.21. The number of aromatic nitrogens is 3. The van der Waals surface area contributed by atoms with Crippen LogP contribution >= 0.6 is 23.6 Å². The van der Waals surface area contributed by atoms with Crippen molar-refractivity contribution in [3.63, 3.8) is 0 Å². The molecule has 0 bridgehead atoms. The average Bonchev–Trinajstić information content (AvgIpc) is 3.23. The first kappa shape index (κ1) is 21.2. The van der Waals surface area contributed by atoms with E-state index < -0.39 is 0 Å². The zero-order chi connectivity index (χ0) is 19.8. The quantitative estimate of drug-likeness (QED) is 0.440. The molecule has 2 heterocycles. The first-order chi connectivity index (χ1) is 12.9. The van der Waals surface area contributed by atoms with Gasteiger partial charge in [-0.1, -0.05) is 0 Å². The smallest absolute Gasteiger partial charge is 0.220 e. The first-order valence-corrected chi connectivity index (χ1v) is 10.1. The van der Waals surface area contributed by atoms with Gasteiger partial charge in [0.05, 0.1) is 4.88 Å². The molecule has 1 amide bonds. The molecule has 0 aromatic carbocycles. The Balaban J connectivity index is 1.64. The molecule has 0 fully saturated rings. The van der Waals surface area contributed by atoms with Crippen molar-refractivity contribution in [1.29, 1.82) is 0 Å². The number of H-pyrrole nitrogens is 1. The van der Waals surface area contributed by atoms with Gasteiger partial charge in [-0.25, -0.2) is 0 Å². The molecule has 9 heteroatoms. The van der Waals surface area contributed by atoms with E-state index in [9.17, 15) is 14.4 Å². The fraction of sp³-hybridized carbons (Fsp3) is 0.500. The van der Waals surface area contributed by atoms with Gasteiger partial charge in [0.2, 0.25) is 5.91 Å². The molecule has 0 atom stereocenters. The maximum absolute atomic E-state index is 12.0. The molecule has 0 aliphatic carbocycles. The minimum atomic E-state index is -0.180. The number of aryl methyl sites for hydroxylation is 1. The molecule has 2 aromatic rings. The van der Waals surface area contributed by atoms with Gasteiger partial charge in [-0.15, -0.1) is 11.3 Å². The fourth-order valence-corrected chi connectivity index (χ4v) is 3.72. The lowest BCUT2D eigenvalue weighted by Gasteiger charge is -2.06. The molecule has 146 valence electrons. The summed E-state index contributed by atoms with van der Waals surface area (Å²) in [4.78, 5) is 37.5. The van der Waals surface area contributed by atoms with E-state index in [2.05, 4.69) is 15.5 Å². The molecule has 0 unspecified atom stereocenters. The highest BCUT2D eigenvalue weighted by molar-refractivity contribution is 7.71. The van der Waals surface area contributed by atoms with Crippen molar-refractivity contribution in [2.24, 2.45) is 0 Å². The van der Waals surface area contributed by atoms with E-state index in [4.69, 9.17) is 12.2 Å². The predicted octanol–water partition coefficient (Wildman–Crippen LogP) is 3.00. The van der Waals surface area contributed by atoms with E-state index in [0.29, 0.717) is 22.6 Å². The summed E-state index contributed by atoms with van der Waals surface area (Å²) >= 11 is 6.55. The van der Waals surface area contributed by atoms with Gasteiger partial charge in [0.1, 0.15) is 11.6 Å². The number of thiophene rings is 1. The van der Waals surface area contributed by atoms with Crippen LogP contribution in [0.5, 0.6) is 0 Å². The summed E-state index contributed by atoms with van der Waals surface area (Å²) < 4.78 is 2.44. The van der Waals surface area contributed by atoms with Crippen molar-refractivity contribution >= 4 is 41.0 Å². The molecule has 2 aromatic heterocycles. The maximum atomic E-state index is 12.0. The van der Waals surface area contributed by atoms with Crippen LogP contribution in [-0.2, 0) is 22.6 Å². The van der Waals surface area contributed by atoms with Gasteiger partial charge in [0.25, 0.3) is 0 Å². The normalized spacial score (nSPS) is 10.7. The Bertz CT molecular complexity index is 866. The third kappa shape index (κ3) is 6.51. The van der Waals surface area contributed by atoms with Crippen molar-refractivity contribution < 1.29 is 14.4 Å². The van der Waals surface area contributed by atoms with Crippen LogP contribution in [0.1, 0.15) is 53.0 Å². The van der Waals surface area contributed by atoms with Crippen LogP contribution in [0.4, 0.5) is 0 Å². The first-order valence-electron chi connectivity index (χ1n) is 8.92. The number of hydrogen-bond acceptors (Lipinski definition) is 6. The van der Waals surface area contributed by atoms with Crippen molar-refractivity contribution in [2.75, 3.05) is 6.54 Å². The highest BCUT2D eigenvalue weighted by atomic mass is 32.1. The molecule has 27 heavy (non-hydrogen) atoms. The van der Waals surface area contributed by atoms with Crippen molar-refractivity contribution in [3.05, 3.63) is 32.5 Å². The fourth-order valence-electron chi connectivity index (χ4n) is 2.61. The standard InChI is InChI=1S/C18H24N4O3S2/c1-3-22-16(20-21-18(22)26)10-11-19-17(25)9-6-13(23)5-7-14(24)15-8-4-12(2)27-15/h4,8H,3,5-7,9-11H2,1-2H3,(H,19,25)(H,21,26). The molecule has 2 rings (SSSR count). The predicted molar refractivity (Wildman–Crippen MR) is 107 cm³/mol. The Hall–Kier alpha value is -2.13. The van der Waals surface area contributed by atoms with E-state index >= 15 is 0 Å². The number of carbonyl (C=O) groups is 3. The number of carbonyl (C=O) groups excluding carboxylic acids is 3. The third-order valence-electron chi connectivity index (χ3n) is 4.10. The number of aromatic amines is 1. The van der Waals surface area contributed by atoms with Gasteiger partial charge in [-0.05, 0) is 38.2 Å². The van der Waals surface area contributed by atoms with Gasteiger partial charge in [0, 0.05) is 50.1 Å². The number of nitrogens with one attached hydrogen (secondary N) is 2. The van der Waals surface area contributed by atoms with E-state index in [0.717, 1.165) is 17.2 Å². The molecule has 0 spiro atoms. The second-order valence-electron chi connectivity index (χ2n) is 6.16. The average molecular weight is 409 g/mol.